The quantitative estimate of drug-likeness (QED) is 0.485. The Hall–Kier alpha value is -3.60. The number of benzene rings is 1. The van der Waals surface area contributed by atoms with E-state index in [1.807, 2.05) is 11.4 Å². The highest BCUT2D eigenvalue weighted by atomic mass is 32.1. The van der Waals surface area contributed by atoms with E-state index in [0.29, 0.717) is 21.5 Å². The zero-order chi connectivity index (χ0) is 21.3. The molecule has 0 spiro atoms. The zero-order valence-electron chi connectivity index (χ0n) is 16.3. The SMILES string of the molecule is C[C@H](C(=O)NCCn1nnn(-c2cccs2)c1=O)c1nn(C)c(=O)c2ccccc12. The smallest absolute Gasteiger partial charge is 0.354 e. The molecule has 0 aliphatic heterocycles. The van der Waals surface area contributed by atoms with Crippen molar-refractivity contribution in [3.63, 3.8) is 0 Å². The van der Waals surface area contributed by atoms with Gasteiger partial charge in [-0.2, -0.15) is 14.5 Å². The lowest BCUT2D eigenvalue weighted by molar-refractivity contribution is -0.122. The van der Waals surface area contributed by atoms with Crippen LogP contribution in [0.5, 0.6) is 0 Å². The number of carbonyl (C=O) groups is 1. The maximum absolute atomic E-state index is 12.7. The van der Waals surface area contributed by atoms with E-state index in [9.17, 15) is 14.4 Å². The highest BCUT2D eigenvalue weighted by Crippen LogP contribution is 2.21. The maximum Gasteiger partial charge on any atom is 0.369 e. The molecule has 0 bridgehead atoms. The molecule has 0 aliphatic carbocycles. The lowest BCUT2D eigenvalue weighted by Gasteiger charge is -2.14. The molecule has 3 heterocycles. The lowest BCUT2D eigenvalue weighted by atomic mass is 10.0. The molecule has 154 valence electrons. The van der Waals surface area contributed by atoms with E-state index in [4.69, 9.17) is 0 Å². The van der Waals surface area contributed by atoms with Crippen molar-refractivity contribution in [2.75, 3.05) is 6.54 Å². The van der Waals surface area contributed by atoms with Gasteiger partial charge in [-0.15, -0.1) is 11.3 Å². The molecule has 0 saturated heterocycles. The number of thiophene rings is 1. The molecule has 1 N–H and O–H groups in total. The Kier molecular flexibility index (Phi) is 5.27. The molecule has 0 radical (unpaired) electrons. The molecule has 1 atom stereocenters. The summed E-state index contributed by atoms with van der Waals surface area (Å²) in [5, 5.41) is 18.5. The minimum Gasteiger partial charge on any atom is -0.354 e. The Morgan fingerprint density at radius 2 is 1.90 bits per heavy atom. The van der Waals surface area contributed by atoms with Crippen LogP contribution in [0.4, 0.5) is 0 Å². The van der Waals surface area contributed by atoms with Gasteiger partial charge in [0.15, 0.2) is 0 Å². The number of hydrogen-bond acceptors (Lipinski definition) is 7. The van der Waals surface area contributed by atoms with Gasteiger partial charge in [-0.25, -0.2) is 9.48 Å². The van der Waals surface area contributed by atoms with Crippen molar-refractivity contribution in [3.05, 3.63) is 68.3 Å². The molecule has 1 amide bonds. The second-order valence-electron chi connectivity index (χ2n) is 6.72. The first kappa shape index (κ1) is 19.7. The van der Waals surface area contributed by atoms with E-state index < -0.39 is 5.92 Å². The Morgan fingerprint density at radius 3 is 2.63 bits per heavy atom. The number of carbonyl (C=O) groups excluding carboxylic acids is 1. The van der Waals surface area contributed by atoms with Crippen LogP contribution in [-0.2, 0) is 18.4 Å². The first-order valence-electron chi connectivity index (χ1n) is 9.27. The van der Waals surface area contributed by atoms with Crippen LogP contribution in [0.2, 0.25) is 0 Å². The lowest BCUT2D eigenvalue weighted by Crippen LogP contribution is -2.35. The van der Waals surface area contributed by atoms with Crippen molar-refractivity contribution >= 4 is 28.0 Å². The predicted octanol–water partition coefficient (Wildman–Crippen LogP) is 0.657. The molecular formula is C19H19N7O3S. The maximum atomic E-state index is 12.7. The summed E-state index contributed by atoms with van der Waals surface area (Å²) in [5.41, 5.74) is -0.0633. The van der Waals surface area contributed by atoms with Crippen LogP contribution in [0.3, 0.4) is 0 Å². The molecule has 1 aromatic carbocycles. The van der Waals surface area contributed by atoms with Crippen molar-refractivity contribution in [2.45, 2.75) is 19.4 Å². The highest BCUT2D eigenvalue weighted by molar-refractivity contribution is 7.12. The third-order valence-electron chi connectivity index (χ3n) is 4.77. The number of tetrazole rings is 1. The van der Waals surface area contributed by atoms with Crippen molar-refractivity contribution < 1.29 is 4.79 Å². The number of nitrogens with zero attached hydrogens (tertiary/aromatic N) is 6. The normalized spacial score (nSPS) is 12.2. The summed E-state index contributed by atoms with van der Waals surface area (Å²) in [5.74, 6) is -0.842. The second-order valence-corrected chi connectivity index (χ2v) is 7.65. The fraction of sp³-hybridized carbons (Fsp3) is 0.263. The van der Waals surface area contributed by atoms with Gasteiger partial charge < -0.3 is 5.32 Å². The second kappa shape index (κ2) is 8.03. The van der Waals surface area contributed by atoms with E-state index in [1.165, 1.54) is 25.4 Å². The van der Waals surface area contributed by atoms with Gasteiger partial charge in [-0.3, -0.25) is 9.59 Å². The Bertz CT molecular complexity index is 1320. The van der Waals surface area contributed by atoms with Crippen LogP contribution in [0, 0.1) is 0 Å². The minimum atomic E-state index is -0.583. The molecule has 0 aliphatic rings. The van der Waals surface area contributed by atoms with Crippen molar-refractivity contribution in [1.82, 2.24) is 34.9 Å². The molecule has 0 fully saturated rings. The fourth-order valence-electron chi connectivity index (χ4n) is 3.15. The van der Waals surface area contributed by atoms with Gasteiger partial charge in [0.05, 0.1) is 23.5 Å². The Balaban J connectivity index is 1.47. The summed E-state index contributed by atoms with van der Waals surface area (Å²) in [4.78, 5) is 37.3. The van der Waals surface area contributed by atoms with Crippen LogP contribution in [0.15, 0.2) is 51.4 Å². The Morgan fingerprint density at radius 1 is 1.13 bits per heavy atom. The van der Waals surface area contributed by atoms with E-state index in [2.05, 4.69) is 20.8 Å². The fourth-order valence-corrected chi connectivity index (χ4v) is 3.82. The number of aryl methyl sites for hydroxylation is 1. The van der Waals surface area contributed by atoms with E-state index in [0.717, 1.165) is 0 Å². The molecule has 4 rings (SSSR count). The van der Waals surface area contributed by atoms with Gasteiger partial charge >= 0.3 is 5.69 Å². The summed E-state index contributed by atoms with van der Waals surface area (Å²) >= 11 is 1.38. The zero-order valence-corrected chi connectivity index (χ0v) is 17.2. The number of amides is 1. The van der Waals surface area contributed by atoms with Gasteiger partial charge in [-0.1, -0.05) is 18.2 Å². The van der Waals surface area contributed by atoms with Crippen LogP contribution in [-0.4, -0.2) is 42.0 Å². The first-order chi connectivity index (χ1) is 14.5. The van der Waals surface area contributed by atoms with Gasteiger partial charge in [-0.05, 0) is 40.9 Å². The number of fused-ring (bicyclic) bond motifs is 1. The molecule has 0 saturated carbocycles. The van der Waals surface area contributed by atoms with Crippen molar-refractivity contribution in [3.8, 4) is 5.00 Å². The summed E-state index contributed by atoms with van der Waals surface area (Å²) < 4.78 is 3.66. The highest BCUT2D eigenvalue weighted by Gasteiger charge is 2.21. The van der Waals surface area contributed by atoms with Gasteiger partial charge in [0.25, 0.3) is 5.56 Å². The van der Waals surface area contributed by atoms with Crippen molar-refractivity contribution in [2.24, 2.45) is 7.05 Å². The molecule has 4 aromatic rings. The minimum absolute atomic E-state index is 0.185. The molecule has 10 nitrogen and oxygen atoms in total. The average Bonchev–Trinajstić information content (AvgIpc) is 3.40. The van der Waals surface area contributed by atoms with E-state index in [1.54, 1.807) is 44.3 Å². The van der Waals surface area contributed by atoms with Gasteiger partial charge in [0.2, 0.25) is 5.91 Å². The van der Waals surface area contributed by atoms with Crippen LogP contribution in [0.1, 0.15) is 18.5 Å². The largest absolute Gasteiger partial charge is 0.369 e. The van der Waals surface area contributed by atoms with Gasteiger partial charge in [0.1, 0.15) is 5.00 Å². The number of rotatable bonds is 6. The third-order valence-corrected chi connectivity index (χ3v) is 5.61. The van der Waals surface area contributed by atoms with Crippen molar-refractivity contribution in [1.29, 1.82) is 0 Å². The van der Waals surface area contributed by atoms with Gasteiger partial charge in [0, 0.05) is 19.0 Å². The standard InChI is InChI=1S/C19H19N7O3S/c1-12(16-13-6-3-4-7-14(13)18(28)24(2)21-16)17(27)20-9-10-25-19(29)26(23-22-25)15-8-5-11-30-15/h3-8,11-12H,9-10H2,1-2H3,(H,20,27)/t12-/m0/s1. The molecule has 30 heavy (non-hydrogen) atoms. The molecular weight excluding hydrogens is 406 g/mol. The monoisotopic (exact) mass is 425 g/mol. The van der Waals surface area contributed by atoms with Crippen LogP contribution >= 0.6 is 11.3 Å². The number of nitrogens with one attached hydrogen (secondary N) is 1. The molecule has 0 unspecified atom stereocenters. The average molecular weight is 425 g/mol. The first-order valence-corrected chi connectivity index (χ1v) is 10.2. The van der Waals surface area contributed by atoms with Crippen LogP contribution in [0.25, 0.3) is 15.8 Å². The number of hydrogen-bond donors (Lipinski definition) is 1. The topological polar surface area (TPSA) is 117 Å². The van der Waals surface area contributed by atoms with E-state index >= 15 is 0 Å². The summed E-state index contributed by atoms with van der Waals surface area (Å²) in [6, 6.07) is 10.7. The Labute approximate surface area is 174 Å². The van der Waals surface area contributed by atoms with E-state index in [-0.39, 0.29) is 30.2 Å². The molecule has 11 heteroatoms. The predicted molar refractivity (Wildman–Crippen MR) is 112 cm³/mol. The molecule has 3 aromatic heterocycles. The van der Waals surface area contributed by atoms with Crippen LogP contribution < -0.4 is 16.6 Å². The third kappa shape index (κ3) is 3.54. The summed E-state index contributed by atoms with van der Waals surface area (Å²) in [6.07, 6.45) is 0. The summed E-state index contributed by atoms with van der Waals surface area (Å²) in [6.45, 7) is 2.12. The summed E-state index contributed by atoms with van der Waals surface area (Å²) in [7, 11) is 1.56. The number of aromatic nitrogens is 6.